The summed E-state index contributed by atoms with van der Waals surface area (Å²) in [4.78, 5) is 0. The average molecular weight is 190 g/mol. The third-order valence-corrected chi connectivity index (χ3v) is 2.84. The van der Waals surface area contributed by atoms with E-state index in [1.54, 1.807) is 0 Å². The Bertz CT molecular complexity index is 293. The molecule has 1 nitrogen and oxygen atoms in total. The van der Waals surface area contributed by atoms with Crippen LogP contribution in [0.5, 0.6) is 0 Å². The molecular weight excluding hydrogens is 172 g/mol. The van der Waals surface area contributed by atoms with Crippen LogP contribution in [0.2, 0.25) is 0 Å². The SMILES string of the molecule is CCCOC1CCCc2ccccc21. The lowest BCUT2D eigenvalue weighted by atomic mass is 9.89. The number of ether oxygens (including phenoxy) is 1. The van der Waals surface area contributed by atoms with Crippen LogP contribution in [-0.2, 0) is 11.2 Å². The van der Waals surface area contributed by atoms with Gasteiger partial charge in [-0.2, -0.15) is 0 Å². The molecule has 1 unspecified atom stereocenters. The Morgan fingerprint density at radius 2 is 2.21 bits per heavy atom. The van der Waals surface area contributed by atoms with Gasteiger partial charge in [0.15, 0.2) is 0 Å². The molecule has 1 aromatic carbocycles. The zero-order valence-corrected chi connectivity index (χ0v) is 8.83. The van der Waals surface area contributed by atoms with E-state index in [4.69, 9.17) is 4.74 Å². The summed E-state index contributed by atoms with van der Waals surface area (Å²) in [6.07, 6.45) is 5.16. The quantitative estimate of drug-likeness (QED) is 0.709. The summed E-state index contributed by atoms with van der Waals surface area (Å²) in [6, 6.07) is 8.69. The number of benzene rings is 1. The van der Waals surface area contributed by atoms with E-state index in [1.165, 1.54) is 30.4 Å². The zero-order chi connectivity index (χ0) is 9.80. The number of fused-ring (bicyclic) bond motifs is 1. The molecule has 0 amide bonds. The number of aryl methyl sites for hydroxylation is 1. The molecular formula is C13H18O. The standard InChI is InChI=1S/C13H18O/c1-2-10-14-13-9-5-7-11-6-3-4-8-12(11)13/h3-4,6,8,13H,2,5,7,9-10H2,1H3. The van der Waals surface area contributed by atoms with Gasteiger partial charge in [0, 0.05) is 6.61 Å². The highest BCUT2D eigenvalue weighted by molar-refractivity contribution is 5.31. The van der Waals surface area contributed by atoms with E-state index in [0.29, 0.717) is 6.10 Å². The normalized spacial score (nSPS) is 20.5. The predicted octanol–water partition coefficient (Wildman–Crippen LogP) is 3.49. The molecule has 14 heavy (non-hydrogen) atoms. The smallest absolute Gasteiger partial charge is 0.0827 e. The molecule has 0 spiro atoms. The number of rotatable bonds is 3. The lowest BCUT2D eigenvalue weighted by molar-refractivity contribution is 0.0412. The van der Waals surface area contributed by atoms with E-state index in [1.807, 2.05) is 0 Å². The Hall–Kier alpha value is -0.820. The van der Waals surface area contributed by atoms with E-state index in [-0.39, 0.29) is 0 Å². The second-order valence-electron chi connectivity index (χ2n) is 3.95. The minimum atomic E-state index is 0.361. The summed E-state index contributed by atoms with van der Waals surface area (Å²) in [5, 5.41) is 0. The van der Waals surface area contributed by atoms with Crippen molar-refractivity contribution in [2.45, 2.75) is 38.7 Å². The van der Waals surface area contributed by atoms with E-state index < -0.39 is 0 Å². The van der Waals surface area contributed by atoms with Crippen molar-refractivity contribution in [1.29, 1.82) is 0 Å². The molecule has 76 valence electrons. The van der Waals surface area contributed by atoms with Gasteiger partial charge in [0.25, 0.3) is 0 Å². The molecule has 2 rings (SSSR count). The van der Waals surface area contributed by atoms with Gasteiger partial charge in [-0.15, -0.1) is 0 Å². The molecule has 0 aromatic heterocycles. The summed E-state index contributed by atoms with van der Waals surface area (Å²) >= 11 is 0. The highest BCUT2D eigenvalue weighted by Gasteiger charge is 2.19. The molecule has 1 aliphatic carbocycles. The molecule has 0 radical (unpaired) electrons. The van der Waals surface area contributed by atoms with Crippen LogP contribution in [0.15, 0.2) is 24.3 Å². The van der Waals surface area contributed by atoms with Crippen LogP contribution in [0.25, 0.3) is 0 Å². The lowest BCUT2D eigenvalue weighted by Crippen LogP contribution is -2.13. The first-order chi connectivity index (χ1) is 6.92. The van der Waals surface area contributed by atoms with Crippen molar-refractivity contribution in [3.05, 3.63) is 35.4 Å². The van der Waals surface area contributed by atoms with Crippen LogP contribution in [0.3, 0.4) is 0 Å². The minimum Gasteiger partial charge on any atom is -0.374 e. The van der Waals surface area contributed by atoms with Gasteiger partial charge < -0.3 is 4.74 Å². The first kappa shape index (κ1) is 9.72. The van der Waals surface area contributed by atoms with Gasteiger partial charge in [-0.3, -0.25) is 0 Å². The largest absolute Gasteiger partial charge is 0.374 e. The van der Waals surface area contributed by atoms with Gasteiger partial charge in [0.1, 0.15) is 0 Å². The summed E-state index contributed by atoms with van der Waals surface area (Å²) in [6.45, 7) is 3.05. The highest BCUT2D eigenvalue weighted by atomic mass is 16.5. The van der Waals surface area contributed by atoms with Crippen LogP contribution in [-0.4, -0.2) is 6.61 Å². The van der Waals surface area contributed by atoms with Crippen molar-refractivity contribution in [3.63, 3.8) is 0 Å². The molecule has 0 bridgehead atoms. The van der Waals surface area contributed by atoms with Crippen LogP contribution >= 0.6 is 0 Å². The van der Waals surface area contributed by atoms with Crippen molar-refractivity contribution in [2.75, 3.05) is 6.61 Å². The van der Waals surface area contributed by atoms with Crippen LogP contribution in [0, 0.1) is 0 Å². The van der Waals surface area contributed by atoms with Gasteiger partial charge in [-0.1, -0.05) is 31.2 Å². The molecule has 0 saturated heterocycles. The third-order valence-electron chi connectivity index (χ3n) is 2.84. The monoisotopic (exact) mass is 190 g/mol. The molecule has 0 saturated carbocycles. The predicted molar refractivity (Wildman–Crippen MR) is 58.4 cm³/mol. The minimum absolute atomic E-state index is 0.361. The van der Waals surface area contributed by atoms with Gasteiger partial charge in [-0.25, -0.2) is 0 Å². The molecule has 0 N–H and O–H groups in total. The zero-order valence-electron chi connectivity index (χ0n) is 8.83. The Kier molecular flexibility index (Phi) is 3.20. The van der Waals surface area contributed by atoms with Gasteiger partial charge in [-0.05, 0) is 36.8 Å². The summed E-state index contributed by atoms with van der Waals surface area (Å²) in [5.41, 5.74) is 2.91. The van der Waals surface area contributed by atoms with E-state index >= 15 is 0 Å². The fourth-order valence-electron chi connectivity index (χ4n) is 2.14. The number of hydrogen-bond acceptors (Lipinski definition) is 1. The first-order valence-corrected chi connectivity index (χ1v) is 5.61. The van der Waals surface area contributed by atoms with E-state index in [9.17, 15) is 0 Å². The highest BCUT2D eigenvalue weighted by Crippen LogP contribution is 2.32. The fourth-order valence-corrected chi connectivity index (χ4v) is 2.14. The molecule has 1 heteroatoms. The first-order valence-electron chi connectivity index (χ1n) is 5.61. The summed E-state index contributed by atoms with van der Waals surface area (Å²) < 4.78 is 5.86. The Morgan fingerprint density at radius 3 is 3.07 bits per heavy atom. The van der Waals surface area contributed by atoms with Crippen molar-refractivity contribution in [2.24, 2.45) is 0 Å². The van der Waals surface area contributed by atoms with Crippen molar-refractivity contribution in [3.8, 4) is 0 Å². The van der Waals surface area contributed by atoms with Crippen LogP contribution in [0.4, 0.5) is 0 Å². The van der Waals surface area contributed by atoms with E-state index in [0.717, 1.165) is 13.0 Å². The van der Waals surface area contributed by atoms with Gasteiger partial charge >= 0.3 is 0 Å². The second-order valence-corrected chi connectivity index (χ2v) is 3.95. The second kappa shape index (κ2) is 4.61. The third kappa shape index (κ3) is 1.98. The molecule has 0 fully saturated rings. The molecule has 1 atom stereocenters. The van der Waals surface area contributed by atoms with Gasteiger partial charge in [0.2, 0.25) is 0 Å². The number of hydrogen-bond donors (Lipinski definition) is 0. The van der Waals surface area contributed by atoms with Crippen LogP contribution < -0.4 is 0 Å². The van der Waals surface area contributed by atoms with Crippen molar-refractivity contribution < 1.29 is 4.74 Å². The summed E-state index contributed by atoms with van der Waals surface area (Å²) in [7, 11) is 0. The molecule has 1 aliphatic rings. The summed E-state index contributed by atoms with van der Waals surface area (Å²) in [5.74, 6) is 0. The Morgan fingerprint density at radius 1 is 1.36 bits per heavy atom. The van der Waals surface area contributed by atoms with Crippen LogP contribution in [0.1, 0.15) is 43.4 Å². The maximum atomic E-state index is 5.86. The van der Waals surface area contributed by atoms with Gasteiger partial charge in [0.05, 0.1) is 6.10 Å². The Balaban J connectivity index is 2.14. The molecule has 1 aromatic rings. The van der Waals surface area contributed by atoms with Crippen molar-refractivity contribution in [1.82, 2.24) is 0 Å². The lowest BCUT2D eigenvalue weighted by Gasteiger charge is -2.25. The molecule has 0 heterocycles. The van der Waals surface area contributed by atoms with E-state index in [2.05, 4.69) is 31.2 Å². The average Bonchev–Trinajstić information content (AvgIpc) is 2.26. The Labute approximate surface area is 86.1 Å². The molecule has 0 aliphatic heterocycles. The fraction of sp³-hybridized carbons (Fsp3) is 0.538. The maximum absolute atomic E-state index is 5.86. The maximum Gasteiger partial charge on any atom is 0.0827 e. The van der Waals surface area contributed by atoms with Crippen molar-refractivity contribution >= 4 is 0 Å². The topological polar surface area (TPSA) is 9.23 Å².